The Labute approximate surface area is 130 Å². The van der Waals surface area contributed by atoms with Gasteiger partial charge in [0, 0.05) is 36.8 Å². The fourth-order valence-corrected chi connectivity index (χ4v) is 3.40. The molecule has 1 aliphatic heterocycles. The van der Waals surface area contributed by atoms with Gasteiger partial charge >= 0.3 is 0 Å². The third kappa shape index (κ3) is 2.43. The second-order valence-corrected chi connectivity index (χ2v) is 6.08. The van der Waals surface area contributed by atoms with Gasteiger partial charge < -0.3 is 14.3 Å². The number of hydrogen-bond acceptors (Lipinski definition) is 5. The van der Waals surface area contributed by atoms with Gasteiger partial charge in [0.15, 0.2) is 10.8 Å². The highest BCUT2D eigenvalue weighted by molar-refractivity contribution is 7.13. The van der Waals surface area contributed by atoms with Gasteiger partial charge in [0.25, 0.3) is 5.91 Å². The first-order valence-electron chi connectivity index (χ1n) is 7.10. The highest BCUT2D eigenvalue weighted by Gasteiger charge is 2.22. The molecule has 0 unspecified atom stereocenters. The Morgan fingerprint density at radius 2 is 2.45 bits per heavy atom. The zero-order chi connectivity index (χ0) is 14.9. The van der Waals surface area contributed by atoms with E-state index in [0.29, 0.717) is 11.5 Å². The van der Waals surface area contributed by atoms with E-state index < -0.39 is 0 Å². The highest BCUT2D eigenvalue weighted by atomic mass is 32.1. The predicted molar refractivity (Wildman–Crippen MR) is 81.6 cm³/mol. The van der Waals surface area contributed by atoms with Crippen LogP contribution in [0.1, 0.15) is 22.7 Å². The van der Waals surface area contributed by atoms with E-state index in [9.17, 15) is 4.79 Å². The first-order chi connectivity index (χ1) is 10.8. The number of thiazole rings is 1. The number of amides is 1. The molecule has 0 bridgehead atoms. The third-order valence-electron chi connectivity index (χ3n) is 3.74. The molecule has 1 aliphatic rings. The molecule has 7 heteroatoms. The summed E-state index contributed by atoms with van der Waals surface area (Å²) in [5, 5.41) is 5.53. The molecule has 1 N–H and O–H groups in total. The second kappa shape index (κ2) is 5.42. The van der Waals surface area contributed by atoms with Crippen LogP contribution in [0.3, 0.4) is 0 Å². The van der Waals surface area contributed by atoms with E-state index in [0.717, 1.165) is 30.2 Å². The Hall–Kier alpha value is -2.41. The summed E-state index contributed by atoms with van der Waals surface area (Å²) in [5.74, 6) is 1.63. The van der Waals surface area contributed by atoms with Gasteiger partial charge in [-0.1, -0.05) is 0 Å². The first-order valence-corrected chi connectivity index (χ1v) is 7.98. The summed E-state index contributed by atoms with van der Waals surface area (Å²) in [4.78, 5) is 21.0. The number of rotatable bonds is 3. The Morgan fingerprint density at radius 3 is 3.32 bits per heavy atom. The van der Waals surface area contributed by atoms with Crippen molar-refractivity contribution in [3.8, 4) is 10.8 Å². The summed E-state index contributed by atoms with van der Waals surface area (Å²) < 4.78 is 7.39. The molecule has 0 fully saturated rings. The lowest BCUT2D eigenvalue weighted by atomic mass is 10.1. The number of imidazole rings is 1. The van der Waals surface area contributed by atoms with E-state index >= 15 is 0 Å². The normalized spacial score (nSPS) is 17.2. The lowest BCUT2D eigenvalue weighted by Crippen LogP contribution is -2.41. The van der Waals surface area contributed by atoms with Gasteiger partial charge in [-0.2, -0.15) is 0 Å². The molecule has 4 heterocycles. The summed E-state index contributed by atoms with van der Waals surface area (Å²) in [6, 6.07) is 3.76. The minimum Gasteiger partial charge on any atom is -0.462 e. The van der Waals surface area contributed by atoms with Crippen LogP contribution < -0.4 is 5.32 Å². The van der Waals surface area contributed by atoms with Crippen molar-refractivity contribution < 1.29 is 9.21 Å². The van der Waals surface area contributed by atoms with Crippen LogP contribution in [0.15, 0.2) is 40.6 Å². The molecule has 4 rings (SSSR count). The Kier molecular flexibility index (Phi) is 3.27. The minimum absolute atomic E-state index is 0.114. The van der Waals surface area contributed by atoms with Crippen LogP contribution in [0.4, 0.5) is 0 Å². The fourth-order valence-electron chi connectivity index (χ4n) is 2.64. The van der Waals surface area contributed by atoms with Crippen LogP contribution in [-0.2, 0) is 13.0 Å². The average molecular weight is 314 g/mol. The van der Waals surface area contributed by atoms with Crippen LogP contribution >= 0.6 is 11.3 Å². The van der Waals surface area contributed by atoms with Gasteiger partial charge in [-0.3, -0.25) is 4.79 Å². The zero-order valence-corrected chi connectivity index (χ0v) is 12.5. The van der Waals surface area contributed by atoms with E-state index in [-0.39, 0.29) is 11.9 Å². The van der Waals surface area contributed by atoms with E-state index in [1.165, 1.54) is 11.3 Å². The van der Waals surface area contributed by atoms with E-state index in [2.05, 4.69) is 19.9 Å². The lowest BCUT2D eigenvalue weighted by molar-refractivity contribution is 0.0923. The van der Waals surface area contributed by atoms with Gasteiger partial charge in [-0.05, 0) is 18.6 Å². The van der Waals surface area contributed by atoms with Crippen LogP contribution in [0, 0.1) is 0 Å². The van der Waals surface area contributed by atoms with Crippen molar-refractivity contribution in [1.82, 2.24) is 19.9 Å². The molecule has 0 saturated heterocycles. The maximum absolute atomic E-state index is 12.3. The van der Waals surface area contributed by atoms with Crippen molar-refractivity contribution in [2.24, 2.45) is 0 Å². The lowest BCUT2D eigenvalue weighted by Gasteiger charge is -2.24. The quantitative estimate of drug-likeness (QED) is 0.805. The monoisotopic (exact) mass is 314 g/mol. The van der Waals surface area contributed by atoms with Crippen molar-refractivity contribution in [2.45, 2.75) is 25.4 Å². The number of aromatic nitrogens is 3. The summed E-state index contributed by atoms with van der Waals surface area (Å²) in [5.41, 5.74) is 0.438. The number of furan rings is 1. The van der Waals surface area contributed by atoms with E-state index in [1.54, 1.807) is 23.9 Å². The van der Waals surface area contributed by atoms with Gasteiger partial charge in [0.05, 0.1) is 6.26 Å². The molecule has 22 heavy (non-hydrogen) atoms. The average Bonchev–Trinajstić information content (AvgIpc) is 3.26. The third-order valence-corrected chi connectivity index (χ3v) is 4.60. The van der Waals surface area contributed by atoms with Crippen LogP contribution in [-0.4, -0.2) is 26.5 Å². The smallest absolute Gasteiger partial charge is 0.271 e. The zero-order valence-electron chi connectivity index (χ0n) is 11.7. The van der Waals surface area contributed by atoms with Crippen molar-refractivity contribution in [3.05, 3.63) is 47.7 Å². The summed E-state index contributed by atoms with van der Waals surface area (Å²) in [6.07, 6.45) is 7.13. The number of aryl methyl sites for hydroxylation is 1. The van der Waals surface area contributed by atoms with Crippen molar-refractivity contribution >= 4 is 17.2 Å². The number of hydrogen-bond donors (Lipinski definition) is 1. The van der Waals surface area contributed by atoms with Crippen molar-refractivity contribution in [1.29, 1.82) is 0 Å². The molecule has 0 spiro atoms. The molecule has 112 valence electrons. The highest BCUT2D eigenvalue weighted by Crippen LogP contribution is 2.24. The van der Waals surface area contributed by atoms with Crippen molar-refractivity contribution in [2.75, 3.05) is 0 Å². The maximum atomic E-state index is 12.3. The van der Waals surface area contributed by atoms with E-state index in [1.807, 2.05) is 12.3 Å². The second-order valence-electron chi connectivity index (χ2n) is 5.22. The topological polar surface area (TPSA) is 73.0 Å². The number of nitrogens with one attached hydrogen (secondary N) is 1. The van der Waals surface area contributed by atoms with Crippen LogP contribution in [0.2, 0.25) is 0 Å². The molecule has 0 saturated carbocycles. The molecule has 6 nitrogen and oxygen atoms in total. The Morgan fingerprint density at radius 1 is 1.50 bits per heavy atom. The van der Waals surface area contributed by atoms with Crippen LogP contribution in [0.5, 0.6) is 0 Å². The van der Waals surface area contributed by atoms with Crippen LogP contribution in [0.25, 0.3) is 10.8 Å². The standard InChI is InChI=1S/C15H14N4O2S/c20-14(11-9-22-15(18-11)12-2-1-7-21-12)17-10-3-4-13-16-5-6-19(13)8-10/h1-2,5-7,9-10H,3-4,8H2,(H,17,20)/t10-/m1/s1. The van der Waals surface area contributed by atoms with E-state index in [4.69, 9.17) is 4.42 Å². The maximum Gasteiger partial charge on any atom is 0.271 e. The fraction of sp³-hybridized carbons (Fsp3) is 0.267. The molecule has 0 aliphatic carbocycles. The number of fused-ring (bicyclic) bond motifs is 1. The number of carbonyl (C=O) groups is 1. The molecular formula is C15H14N4O2S. The predicted octanol–water partition coefficient (Wildman–Crippen LogP) is 2.34. The Bertz CT molecular complexity index is 790. The number of nitrogens with zero attached hydrogens (tertiary/aromatic N) is 3. The molecule has 1 atom stereocenters. The van der Waals surface area contributed by atoms with Crippen molar-refractivity contribution in [3.63, 3.8) is 0 Å². The summed E-state index contributed by atoms with van der Waals surface area (Å²) in [6.45, 7) is 0.760. The SMILES string of the molecule is O=C(N[C@@H]1CCc2nccn2C1)c1csc(-c2ccco2)n1. The van der Waals surface area contributed by atoms with Gasteiger partial charge in [0.1, 0.15) is 11.5 Å². The van der Waals surface area contributed by atoms with Gasteiger partial charge in [0.2, 0.25) is 0 Å². The molecule has 0 aromatic carbocycles. The largest absolute Gasteiger partial charge is 0.462 e. The number of carbonyl (C=O) groups excluding carboxylic acids is 1. The Balaban J connectivity index is 1.45. The van der Waals surface area contributed by atoms with Gasteiger partial charge in [-0.25, -0.2) is 9.97 Å². The molecule has 3 aromatic rings. The molecule has 0 radical (unpaired) electrons. The van der Waals surface area contributed by atoms with Gasteiger partial charge in [-0.15, -0.1) is 11.3 Å². The molecular weight excluding hydrogens is 300 g/mol. The first kappa shape index (κ1) is 13.3. The summed E-state index contributed by atoms with van der Waals surface area (Å²) >= 11 is 1.41. The summed E-state index contributed by atoms with van der Waals surface area (Å²) in [7, 11) is 0. The minimum atomic E-state index is -0.136. The molecule has 1 amide bonds. The molecule has 3 aromatic heterocycles.